The van der Waals surface area contributed by atoms with Crippen molar-refractivity contribution in [2.24, 2.45) is 5.92 Å². The summed E-state index contributed by atoms with van der Waals surface area (Å²) in [4.78, 5) is 0. The minimum absolute atomic E-state index is 0.413. The molecule has 0 aromatic heterocycles. The number of hydrogen-bond donors (Lipinski definition) is 1. The highest BCUT2D eigenvalue weighted by Gasteiger charge is 2.14. The van der Waals surface area contributed by atoms with Crippen LogP contribution in [0.1, 0.15) is 37.7 Å². The molecular weight excluding hydrogens is 220 g/mol. The van der Waals surface area contributed by atoms with Gasteiger partial charge in [-0.05, 0) is 24.9 Å². The van der Waals surface area contributed by atoms with Crippen molar-refractivity contribution in [3.05, 3.63) is 35.4 Å². The molecule has 1 aromatic rings. The molecule has 0 unspecified atom stereocenters. The maximum Gasteiger partial charge on any atom is 0.163 e. The minimum atomic E-state index is -0.764. The number of nitrogens with one attached hydrogen (secondary N) is 1. The van der Waals surface area contributed by atoms with Crippen molar-refractivity contribution < 1.29 is 8.78 Å². The zero-order valence-electron chi connectivity index (χ0n) is 10.0. The normalized spacial score (nSPS) is 16.6. The fourth-order valence-electron chi connectivity index (χ4n) is 2.51. The quantitative estimate of drug-likeness (QED) is 0.774. The van der Waals surface area contributed by atoms with Crippen LogP contribution in [-0.2, 0) is 6.54 Å². The Bertz CT molecular complexity index is 359. The standard InChI is InChI=1S/C14H19F2N/c15-13-7-3-6-12(14(13)16)10-17-9-8-11-4-1-2-5-11/h3,6-7,11,17H,1-2,4-5,8-10H2. The zero-order valence-corrected chi connectivity index (χ0v) is 10.0. The molecule has 1 aliphatic rings. The molecule has 1 N–H and O–H groups in total. The van der Waals surface area contributed by atoms with Crippen LogP contribution >= 0.6 is 0 Å². The van der Waals surface area contributed by atoms with Crippen LogP contribution in [0, 0.1) is 17.6 Å². The third-order valence-corrected chi connectivity index (χ3v) is 3.55. The van der Waals surface area contributed by atoms with Gasteiger partial charge in [0.2, 0.25) is 0 Å². The molecule has 0 bridgehead atoms. The lowest BCUT2D eigenvalue weighted by molar-refractivity contribution is 0.465. The van der Waals surface area contributed by atoms with Crippen LogP contribution in [0.4, 0.5) is 8.78 Å². The molecule has 1 saturated carbocycles. The fourth-order valence-corrected chi connectivity index (χ4v) is 2.51. The molecule has 0 atom stereocenters. The Morgan fingerprint density at radius 2 is 1.94 bits per heavy atom. The predicted molar refractivity (Wildman–Crippen MR) is 64.6 cm³/mol. The number of rotatable bonds is 5. The molecule has 0 saturated heterocycles. The van der Waals surface area contributed by atoms with E-state index in [4.69, 9.17) is 0 Å². The van der Waals surface area contributed by atoms with Crippen molar-refractivity contribution in [3.63, 3.8) is 0 Å². The molecule has 1 aromatic carbocycles. The van der Waals surface area contributed by atoms with Crippen LogP contribution < -0.4 is 5.32 Å². The lowest BCUT2D eigenvalue weighted by atomic mass is 10.0. The molecule has 0 spiro atoms. The van der Waals surface area contributed by atoms with E-state index in [0.717, 1.165) is 24.9 Å². The first-order chi connectivity index (χ1) is 8.27. The summed E-state index contributed by atoms with van der Waals surface area (Å²) in [7, 11) is 0. The summed E-state index contributed by atoms with van der Waals surface area (Å²) >= 11 is 0. The van der Waals surface area contributed by atoms with Gasteiger partial charge in [0.05, 0.1) is 0 Å². The maximum atomic E-state index is 13.3. The zero-order chi connectivity index (χ0) is 12.1. The highest BCUT2D eigenvalue weighted by Crippen LogP contribution is 2.26. The highest BCUT2D eigenvalue weighted by molar-refractivity contribution is 5.18. The SMILES string of the molecule is Fc1cccc(CNCCC2CCCC2)c1F. The summed E-state index contributed by atoms with van der Waals surface area (Å²) in [5.41, 5.74) is 0.413. The molecule has 17 heavy (non-hydrogen) atoms. The summed E-state index contributed by atoms with van der Waals surface area (Å²) in [6, 6.07) is 4.32. The monoisotopic (exact) mass is 239 g/mol. The molecule has 3 heteroatoms. The van der Waals surface area contributed by atoms with Crippen LogP contribution in [0.5, 0.6) is 0 Å². The molecule has 1 nitrogen and oxygen atoms in total. The Morgan fingerprint density at radius 1 is 1.18 bits per heavy atom. The van der Waals surface area contributed by atoms with Gasteiger partial charge in [-0.15, -0.1) is 0 Å². The summed E-state index contributed by atoms with van der Waals surface area (Å²) < 4.78 is 26.2. The van der Waals surface area contributed by atoms with Crippen molar-refractivity contribution in [2.75, 3.05) is 6.54 Å². The smallest absolute Gasteiger partial charge is 0.163 e. The van der Waals surface area contributed by atoms with E-state index in [-0.39, 0.29) is 0 Å². The van der Waals surface area contributed by atoms with Gasteiger partial charge in [-0.2, -0.15) is 0 Å². The first-order valence-electron chi connectivity index (χ1n) is 6.41. The van der Waals surface area contributed by atoms with E-state index in [2.05, 4.69) is 5.32 Å². The van der Waals surface area contributed by atoms with Gasteiger partial charge in [0, 0.05) is 12.1 Å². The predicted octanol–water partition coefficient (Wildman–Crippen LogP) is 3.63. The Morgan fingerprint density at radius 3 is 2.71 bits per heavy atom. The van der Waals surface area contributed by atoms with E-state index < -0.39 is 11.6 Å². The summed E-state index contributed by atoms with van der Waals surface area (Å²) in [6.07, 6.45) is 6.51. The molecule has 0 heterocycles. The van der Waals surface area contributed by atoms with E-state index in [9.17, 15) is 8.78 Å². The molecule has 0 amide bonds. The Balaban J connectivity index is 1.72. The fraction of sp³-hybridized carbons (Fsp3) is 0.571. The Hall–Kier alpha value is -0.960. The Labute approximate surface area is 101 Å². The second-order valence-electron chi connectivity index (χ2n) is 4.83. The van der Waals surface area contributed by atoms with Crippen LogP contribution in [0.3, 0.4) is 0 Å². The minimum Gasteiger partial charge on any atom is -0.313 e. The lowest BCUT2D eigenvalue weighted by Crippen LogP contribution is -2.18. The van der Waals surface area contributed by atoms with Crippen LogP contribution in [0.25, 0.3) is 0 Å². The summed E-state index contributed by atoms with van der Waals surface area (Å²) in [5.74, 6) is -0.652. The van der Waals surface area contributed by atoms with E-state index in [1.807, 2.05) is 0 Å². The highest BCUT2D eigenvalue weighted by atomic mass is 19.2. The van der Waals surface area contributed by atoms with E-state index in [1.165, 1.54) is 25.7 Å². The van der Waals surface area contributed by atoms with Crippen molar-refractivity contribution in [2.45, 2.75) is 38.6 Å². The summed E-state index contributed by atoms with van der Waals surface area (Å²) in [5, 5.41) is 3.19. The van der Waals surface area contributed by atoms with Crippen LogP contribution in [0.2, 0.25) is 0 Å². The maximum absolute atomic E-state index is 13.3. The van der Waals surface area contributed by atoms with Gasteiger partial charge in [0.25, 0.3) is 0 Å². The van der Waals surface area contributed by atoms with Crippen LogP contribution in [-0.4, -0.2) is 6.54 Å². The number of halogens is 2. The molecular formula is C14H19F2N. The van der Waals surface area contributed by atoms with Crippen LogP contribution in [0.15, 0.2) is 18.2 Å². The van der Waals surface area contributed by atoms with Gasteiger partial charge in [-0.25, -0.2) is 8.78 Å². The number of hydrogen-bond acceptors (Lipinski definition) is 1. The molecule has 1 aliphatic carbocycles. The first kappa shape index (κ1) is 12.5. The van der Waals surface area contributed by atoms with Gasteiger partial charge in [-0.1, -0.05) is 37.8 Å². The molecule has 2 rings (SSSR count). The number of benzene rings is 1. The Kier molecular flexibility index (Phi) is 4.49. The van der Waals surface area contributed by atoms with Gasteiger partial charge >= 0.3 is 0 Å². The van der Waals surface area contributed by atoms with Crippen molar-refractivity contribution in [3.8, 4) is 0 Å². The van der Waals surface area contributed by atoms with E-state index >= 15 is 0 Å². The van der Waals surface area contributed by atoms with Crippen molar-refractivity contribution in [1.29, 1.82) is 0 Å². The second-order valence-corrected chi connectivity index (χ2v) is 4.83. The lowest BCUT2D eigenvalue weighted by Gasteiger charge is -2.10. The van der Waals surface area contributed by atoms with Gasteiger partial charge in [0.1, 0.15) is 0 Å². The van der Waals surface area contributed by atoms with Gasteiger partial charge in [-0.3, -0.25) is 0 Å². The van der Waals surface area contributed by atoms with Gasteiger partial charge in [0.15, 0.2) is 11.6 Å². The molecule has 94 valence electrons. The van der Waals surface area contributed by atoms with Crippen molar-refractivity contribution in [1.82, 2.24) is 5.32 Å². The van der Waals surface area contributed by atoms with Gasteiger partial charge < -0.3 is 5.32 Å². The average Bonchev–Trinajstić information content (AvgIpc) is 2.83. The van der Waals surface area contributed by atoms with E-state index in [1.54, 1.807) is 12.1 Å². The molecule has 0 aliphatic heterocycles. The third-order valence-electron chi connectivity index (χ3n) is 3.55. The third kappa shape index (κ3) is 3.50. The van der Waals surface area contributed by atoms with Crippen molar-refractivity contribution >= 4 is 0 Å². The molecule has 0 radical (unpaired) electrons. The first-order valence-corrected chi connectivity index (χ1v) is 6.41. The largest absolute Gasteiger partial charge is 0.313 e. The van der Waals surface area contributed by atoms with E-state index in [0.29, 0.717) is 12.1 Å². The average molecular weight is 239 g/mol. The topological polar surface area (TPSA) is 12.0 Å². The second kappa shape index (κ2) is 6.10. The summed E-state index contributed by atoms with van der Waals surface area (Å²) in [6.45, 7) is 1.30. The molecule has 1 fully saturated rings.